The summed E-state index contributed by atoms with van der Waals surface area (Å²) in [7, 11) is 0. The van der Waals surface area contributed by atoms with E-state index in [0.29, 0.717) is 5.69 Å². The number of hydrogen-bond donors (Lipinski definition) is 2. The molecule has 4 heteroatoms. The van der Waals surface area contributed by atoms with Crippen LogP contribution in [0.3, 0.4) is 0 Å². The molecule has 0 aliphatic rings. The number of nitriles is 1. The van der Waals surface area contributed by atoms with Gasteiger partial charge in [0.1, 0.15) is 5.69 Å². The van der Waals surface area contributed by atoms with E-state index >= 15 is 0 Å². The Kier molecular flexibility index (Phi) is 1.42. The Balaban J connectivity index is 3.31. The summed E-state index contributed by atoms with van der Waals surface area (Å²) in [6.45, 7) is 0. The maximum absolute atomic E-state index is 8.42. The monoisotopic (exact) mass is 135 g/mol. The molecule has 0 bridgehead atoms. The van der Waals surface area contributed by atoms with Crippen molar-refractivity contribution in [3.8, 4) is 6.19 Å². The Morgan fingerprint density at radius 2 is 2.20 bits per heavy atom. The van der Waals surface area contributed by atoms with Gasteiger partial charge < -0.3 is 11.5 Å². The van der Waals surface area contributed by atoms with Crippen LogP contribution in [0.4, 0.5) is 11.5 Å². The van der Waals surface area contributed by atoms with Crippen molar-refractivity contribution in [2.24, 2.45) is 0 Å². The fourth-order valence-electron chi connectivity index (χ4n) is 0.625. The zero-order valence-corrected chi connectivity index (χ0v) is 5.28. The average molecular weight is 135 g/mol. The predicted octanol–water partition coefficient (Wildman–Crippen LogP) is -0.532. The molecule has 0 amide bonds. The summed E-state index contributed by atoms with van der Waals surface area (Å²) >= 11 is 0. The Bertz CT molecular complexity index is 286. The third-order valence-electron chi connectivity index (χ3n) is 1.17. The van der Waals surface area contributed by atoms with E-state index in [1.54, 1.807) is 18.3 Å². The summed E-state index contributed by atoms with van der Waals surface area (Å²) < 4.78 is 1.20. The van der Waals surface area contributed by atoms with Gasteiger partial charge in [-0.05, 0) is 12.1 Å². The maximum atomic E-state index is 8.42. The Labute approximate surface area is 58.3 Å². The summed E-state index contributed by atoms with van der Waals surface area (Å²) in [4.78, 5) is 0. The van der Waals surface area contributed by atoms with Crippen molar-refractivity contribution in [2.75, 3.05) is 11.5 Å². The van der Waals surface area contributed by atoms with E-state index in [2.05, 4.69) is 0 Å². The molecular weight excluding hydrogens is 128 g/mol. The second-order valence-corrected chi connectivity index (χ2v) is 1.82. The van der Waals surface area contributed by atoms with E-state index in [9.17, 15) is 0 Å². The first-order valence-electron chi connectivity index (χ1n) is 2.71. The third-order valence-corrected chi connectivity index (χ3v) is 1.17. The van der Waals surface area contributed by atoms with Gasteiger partial charge in [-0.2, -0.15) is 0 Å². The second-order valence-electron chi connectivity index (χ2n) is 1.82. The molecule has 0 aliphatic heterocycles. The van der Waals surface area contributed by atoms with Gasteiger partial charge in [0.15, 0.2) is 0 Å². The molecule has 0 atom stereocenters. The van der Waals surface area contributed by atoms with Crippen LogP contribution in [0.25, 0.3) is 0 Å². The van der Waals surface area contributed by atoms with Gasteiger partial charge >= 0.3 is 6.19 Å². The Hall–Kier alpha value is -1.76. The highest BCUT2D eigenvalue weighted by molar-refractivity contribution is 5.53. The lowest BCUT2D eigenvalue weighted by atomic mass is 10.4. The van der Waals surface area contributed by atoms with Gasteiger partial charge in [-0.25, -0.2) is 0 Å². The second kappa shape index (κ2) is 2.23. The van der Waals surface area contributed by atoms with Gasteiger partial charge in [0.05, 0.1) is 6.20 Å². The molecule has 4 nitrogen and oxygen atoms in total. The first-order chi connectivity index (χ1) is 4.75. The molecular formula is C6H7N4+. The third kappa shape index (κ3) is 0.845. The van der Waals surface area contributed by atoms with Crippen molar-refractivity contribution in [1.29, 1.82) is 5.26 Å². The molecule has 1 heterocycles. The van der Waals surface area contributed by atoms with Crippen molar-refractivity contribution < 1.29 is 4.57 Å². The van der Waals surface area contributed by atoms with Crippen LogP contribution < -0.4 is 16.0 Å². The van der Waals surface area contributed by atoms with Gasteiger partial charge in [-0.1, -0.05) is 0 Å². The highest BCUT2D eigenvalue weighted by Gasteiger charge is 2.02. The van der Waals surface area contributed by atoms with E-state index in [4.69, 9.17) is 16.7 Å². The number of nitrogens with two attached hydrogens (primary N) is 2. The van der Waals surface area contributed by atoms with Crippen LogP contribution in [-0.4, -0.2) is 0 Å². The van der Waals surface area contributed by atoms with Gasteiger partial charge in [-0.15, -0.1) is 4.57 Å². The minimum absolute atomic E-state index is 0.282. The van der Waals surface area contributed by atoms with Crippen molar-refractivity contribution in [1.82, 2.24) is 0 Å². The zero-order valence-electron chi connectivity index (χ0n) is 5.28. The van der Waals surface area contributed by atoms with Gasteiger partial charge in [0.2, 0.25) is 0 Å². The van der Waals surface area contributed by atoms with Crippen molar-refractivity contribution >= 4 is 11.5 Å². The number of hydrogen-bond acceptors (Lipinski definition) is 3. The number of nitrogens with zero attached hydrogens (tertiary/aromatic N) is 2. The summed E-state index contributed by atoms with van der Waals surface area (Å²) in [6.07, 6.45) is 3.40. The van der Waals surface area contributed by atoms with Gasteiger partial charge in [0, 0.05) is 5.26 Å². The highest BCUT2D eigenvalue weighted by Crippen LogP contribution is 2.04. The Morgan fingerprint density at radius 3 is 2.70 bits per heavy atom. The average Bonchev–Trinajstić information content (AvgIpc) is 1.95. The standard InChI is InChI=1S/C6H6N4/c7-4-10-3-1-2-5(8)6(10)9/h1-3,9H,8H2/p+1. The molecule has 0 aliphatic carbocycles. The molecule has 0 saturated carbocycles. The normalized spacial score (nSPS) is 8.70. The molecule has 0 radical (unpaired) electrons. The van der Waals surface area contributed by atoms with E-state index in [0.717, 1.165) is 0 Å². The van der Waals surface area contributed by atoms with Crippen LogP contribution in [0.5, 0.6) is 0 Å². The molecule has 0 unspecified atom stereocenters. The fourth-order valence-corrected chi connectivity index (χ4v) is 0.625. The lowest BCUT2D eigenvalue weighted by Gasteiger charge is -1.94. The van der Waals surface area contributed by atoms with Crippen LogP contribution in [0, 0.1) is 11.5 Å². The summed E-state index contributed by atoms with van der Waals surface area (Å²) in [5.41, 5.74) is 11.2. The van der Waals surface area contributed by atoms with Crippen LogP contribution in [0.1, 0.15) is 0 Å². The molecule has 1 aromatic rings. The quantitative estimate of drug-likeness (QED) is 0.469. The molecule has 0 spiro atoms. The van der Waals surface area contributed by atoms with Crippen molar-refractivity contribution in [2.45, 2.75) is 0 Å². The zero-order chi connectivity index (χ0) is 7.56. The first-order valence-corrected chi connectivity index (χ1v) is 2.71. The highest BCUT2D eigenvalue weighted by atomic mass is 15.0. The molecule has 0 fully saturated rings. The largest absolute Gasteiger partial charge is 0.393 e. The molecule has 1 rings (SSSR count). The molecule has 0 saturated heterocycles. The number of nitrogen functional groups attached to an aromatic ring is 2. The SMILES string of the molecule is N#C[n+]1cccc(N)c1N. The topological polar surface area (TPSA) is 79.7 Å². The summed E-state index contributed by atoms with van der Waals surface area (Å²) in [5, 5.41) is 8.42. The number of aromatic nitrogens is 1. The molecule has 0 aromatic carbocycles. The molecule has 10 heavy (non-hydrogen) atoms. The lowest BCUT2D eigenvalue weighted by molar-refractivity contribution is -0.570. The predicted molar refractivity (Wildman–Crippen MR) is 36.5 cm³/mol. The van der Waals surface area contributed by atoms with Crippen molar-refractivity contribution in [3.63, 3.8) is 0 Å². The van der Waals surface area contributed by atoms with Crippen LogP contribution in [0.2, 0.25) is 0 Å². The molecule has 50 valence electrons. The van der Waals surface area contributed by atoms with E-state index in [1.807, 2.05) is 6.19 Å². The number of anilines is 2. The summed E-state index contributed by atoms with van der Waals surface area (Å²) in [5.74, 6) is 0.282. The van der Waals surface area contributed by atoms with E-state index < -0.39 is 0 Å². The number of rotatable bonds is 0. The summed E-state index contributed by atoms with van der Waals surface area (Å²) in [6, 6.07) is 3.30. The number of pyridine rings is 1. The minimum atomic E-state index is 0.282. The smallest absolute Gasteiger partial charge is 0.375 e. The molecule has 4 N–H and O–H groups in total. The lowest BCUT2D eigenvalue weighted by Crippen LogP contribution is -2.32. The Morgan fingerprint density at radius 1 is 1.50 bits per heavy atom. The molecule has 1 aromatic heterocycles. The van der Waals surface area contributed by atoms with Crippen LogP contribution in [0.15, 0.2) is 18.3 Å². The van der Waals surface area contributed by atoms with E-state index in [-0.39, 0.29) is 5.82 Å². The minimum Gasteiger partial charge on any atom is -0.393 e. The van der Waals surface area contributed by atoms with Gasteiger partial charge in [0.25, 0.3) is 5.82 Å². The maximum Gasteiger partial charge on any atom is 0.375 e. The van der Waals surface area contributed by atoms with E-state index in [1.165, 1.54) is 4.57 Å². The van der Waals surface area contributed by atoms with Gasteiger partial charge in [-0.3, -0.25) is 0 Å². The van der Waals surface area contributed by atoms with Crippen LogP contribution in [-0.2, 0) is 0 Å². The fraction of sp³-hybridized carbons (Fsp3) is 0. The first kappa shape index (κ1) is 6.36. The van der Waals surface area contributed by atoms with Crippen molar-refractivity contribution in [3.05, 3.63) is 18.3 Å². The van der Waals surface area contributed by atoms with Crippen LogP contribution >= 0.6 is 0 Å².